The summed E-state index contributed by atoms with van der Waals surface area (Å²) >= 11 is 0. The largest absolute Gasteiger partial charge is 0.409 e. The van der Waals surface area contributed by atoms with Gasteiger partial charge in [0, 0.05) is 24.8 Å². The number of aryl methyl sites for hydroxylation is 1. The lowest BCUT2D eigenvalue weighted by Crippen LogP contribution is -2.19. The van der Waals surface area contributed by atoms with Crippen LogP contribution in [-0.4, -0.2) is 30.6 Å². The van der Waals surface area contributed by atoms with Gasteiger partial charge in [0.2, 0.25) is 0 Å². The molecule has 2 rings (SSSR count). The van der Waals surface area contributed by atoms with Crippen molar-refractivity contribution in [1.29, 1.82) is 0 Å². The monoisotopic (exact) mass is 218 g/mol. The normalized spacial score (nSPS) is 11.7. The molecule has 0 radical (unpaired) electrons. The van der Waals surface area contributed by atoms with E-state index in [1.165, 1.54) is 12.4 Å². The van der Waals surface area contributed by atoms with Crippen molar-refractivity contribution in [3.05, 3.63) is 36.3 Å². The molecule has 7 heteroatoms. The second kappa shape index (κ2) is 3.97. The highest BCUT2D eigenvalue weighted by Gasteiger charge is 2.12. The third-order valence-corrected chi connectivity index (χ3v) is 2.08. The molecule has 3 N–H and O–H groups in total. The first-order chi connectivity index (χ1) is 7.74. The van der Waals surface area contributed by atoms with Crippen LogP contribution >= 0.6 is 0 Å². The number of nitrogens with two attached hydrogens (primary N) is 1. The Morgan fingerprint density at radius 3 is 2.69 bits per heavy atom. The Morgan fingerprint density at radius 2 is 2.06 bits per heavy atom. The van der Waals surface area contributed by atoms with Crippen molar-refractivity contribution in [3.8, 4) is 5.82 Å². The van der Waals surface area contributed by atoms with E-state index in [1.54, 1.807) is 17.0 Å². The van der Waals surface area contributed by atoms with Crippen LogP contribution in [-0.2, 0) is 0 Å². The van der Waals surface area contributed by atoms with Gasteiger partial charge < -0.3 is 10.9 Å². The first-order valence-electron chi connectivity index (χ1n) is 4.53. The van der Waals surface area contributed by atoms with Gasteiger partial charge in [-0.2, -0.15) is 0 Å². The summed E-state index contributed by atoms with van der Waals surface area (Å²) in [5.41, 5.74) is 5.83. The molecule has 0 aliphatic heterocycles. The van der Waals surface area contributed by atoms with E-state index in [4.69, 9.17) is 10.9 Å². The zero-order valence-corrected chi connectivity index (χ0v) is 8.57. The van der Waals surface area contributed by atoms with E-state index in [2.05, 4.69) is 20.1 Å². The van der Waals surface area contributed by atoms with Crippen LogP contribution in [0, 0.1) is 6.92 Å². The second-order valence-electron chi connectivity index (χ2n) is 3.06. The Balaban J connectivity index is 2.62. The van der Waals surface area contributed by atoms with Gasteiger partial charge in [-0.1, -0.05) is 5.16 Å². The van der Waals surface area contributed by atoms with Crippen LogP contribution in [0.3, 0.4) is 0 Å². The zero-order valence-electron chi connectivity index (χ0n) is 8.57. The quantitative estimate of drug-likeness (QED) is 0.321. The molecule has 0 aromatic carbocycles. The van der Waals surface area contributed by atoms with E-state index < -0.39 is 0 Å². The first-order valence-corrected chi connectivity index (χ1v) is 4.53. The lowest BCUT2D eigenvalue weighted by atomic mass is 10.3. The fraction of sp³-hybridized carbons (Fsp3) is 0.111. The van der Waals surface area contributed by atoms with Crippen molar-refractivity contribution in [2.24, 2.45) is 10.9 Å². The Labute approximate surface area is 91.3 Å². The van der Waals surface area contributed by atoms with Crippen molar-refractivity contribution in [2.45, 2.75) is 6.92 Å². The summed E-state index contributed by atoms with van der Waals surface area (Å²) in [7, 11) is 0. The van der Waals surface area contributed by atoms with E-state index >= 15 is 0 Å². The van der Waals surface area contributed by atoms with Gasteiger partial charge in [-0.15, -0.1) is 0 Å². The lowest BCUT2D eigenvalue weighted by molar-refractivity contribution is 0.318. The van der Waals surface area contributed by atoms with Crippen molar-refractivity contribution >= 4 is 5.84 Å². The smallest absolute Gasteiger partial charge is 0.192 e. The maximum Gasteiger partial charge on any atom is 0.192 e. The molecule has 0 atom stereocenters. The number of amidine groups is 1. The molecule has 0 amide bonds. The van der Waals surface area contributed by atoms with Gasteiger partial charge in [-0.25, -0.2) is 15.0 Å². The number of nitrogens with zero attached hydrogens (tertiary/aromatic N) is 5. The minimum Gasteiger partial charge on any atom is -0.409 e. The van der Waals surface area contributed by atoms with Gasteiger partial charge in [0.1, 0.15) is 5.82 Å². The summed E-state index contributed by atoms with van der Waals surface area (Å²) in [6, 6.07) is 0. The molecule has 2 aromatic heterocycles. The van der Waals surface area contributed by atoms with E-state index in [0.29, 0.717) is 11.5 Å². The zero-order chi connectivity index (χ0) is 11.5. The van der Waals surface area contributed by atoms with E-state index in [-0.39, 0.29) is 5.84 Å². The molecule has 0 saturated carbocycles. The third-order valence-electron chi connectivity index (χ3n) is 2.08. The molecule has 0 saturated heterocycles. The molecule has 7 nitrogen and oxygen atoms in total. The lowest BCUT2D eigenvalue weighted by Gasteiger charge is -2.07. The molecule has 0 spiro atoms. The van der Waals surface area contributed by atoms with E-state index in [9.17, 15) is 0 Å². The van der Waals surface area contributed by atoms with Crippen molar-refractivity contribution in [2.75, 3.05) is 0 Å². The molecule has 2 aromatic rings. The highest BCUT2D eigenvalue weighted by atomic mass is 16.4. The van der Waals surface area contributed by atoms with Gasteiger partial charge in [0.15, 0.2) is 17.3 Å². The van der Waals surface area contributed by atoms with Gasteiger partial charge in [-0.05, 0) is 6.92 Å². The molecule has 0 aliphatic carbocycles. The Kier molecular flexibility index (Phi) is 2.50. The minimum atomic E-state index is -0.0869. The topological polar surface area (TPSA) is 102 Å². The van der Waals surface area contributed by atoms with E-state index in [1.807, 2.05) is 6.92 Å². The maximum atomic E-state index is 8.65. The van der Waals surface area contributed by atoms with Gasteiger partial charge in [0.25, 0.3) is 0 Å². The molecule has 0 bridgehead atoms. The average molecular weight is 218 g/mol. The number of hydrogen-bond donors (Lipinski definition) is 2. The summed E-state index contributed by atoms with van der Waals surface area (Å²) < 4.78 is 1.71. The van der Waals surface area contributed by atoms with Crippen LogP contribution < -0.4 is 5.73 Å². The Hall–Kier alpha value is -2.44. The summed E-state index contributed by atoms with van der Waals surface area (Å²) in [4.78, 5) is 12.2. The summed E-state index contributed by atoms with van der Waals surface area (Å²) in [5.74, 6) is 1.14. The number of imidazole rings is 1. The molecule has 16 heavy (non-hydrogen) atoms. The highest BCUT2D eigenvalue weighted by molar-refractivity contribution is 5.97. The number of hydrogen-bond acceptors (Lipinski definition) is 5. The van der Waals surface area contributed by atoms with Gasteiger partial charge in [-0.3, -0.25) is 4.57 Å². The maximum absolute atomic E-state index is 8.65. The summed E-state index contributed by atoms with van der Waals surface area (Å²) in [6.45, 7) is 1.82. The van der Waals surface area contributed by atoms with Crippen molar-refractivity contribution in [3.63, 3.8) is 0 Å². The summed E-state index contributed by atoms with van der Waals surface area (Å²) in [6.07, 6.45) is 6.37. The Bertz CT molecular complexity index is 532. The standard InChI is InChI=1S/C9H10N6O/c1-6-11-4-5-15(6)9-7(8(10)14-16)12-2-3-13-9/h2-5,16H,1H3,(H2,10,14). The molecule has 2 heterocycles. The van der Waals surface area contributed by atoms with Gasteiger partial charge >= 0.3 is 0 Å². The minimum absolute atomic E-state index is 0.0869. The molecular weight excluding hydrogens is 208 g/mol. The fourth-order valence-electron chi connectivity index (χ4n) is 1.34. The molecule has 0 unspecified atom stereocenters. The average Bonchev–Trinajstić information content (AvgIpc) is 2.74. The second-order valence-corrected chi connectivity index (χ2v) is 3.06. The van der Waals surface area contributed by atoms with E-state index in [0.717, 1.165) is 5.82 Å². The van der Waals surface area contributed by atoms with Crippen molar-refractivity contribution in [1.82, 2.24) is 19.5 Å². The predicted molar refractivity (Wildman–Crippen MR) is 56.4 cm³/mol. The van der Waals surface area contributed by atoms with Crippen LogP contribution in [0.25, 0.3) is 5.82 Å². The number of oxime groups is 1. The van der Waals surface area contributed by atoms with Crippen LogP contribution in [0.15, 0.2) is 29.9 Å². The van der Waals surface area contributed by atoms with Crippen LogP contribution in [0.2, 0.25) is 0 Å². The number of aromatic nitrogens is 4. The third kappa shape index (κ3) is 1.58. The molecule has 82 valence electrons. The first kappa shape index (κ1) is 10.1. The predicted octanol–water partition coefficient (Wildman–Crippen LogP) is 0.0652. The number of rotatable bonds is 2. The molecule has 0 aliphatic rings. The molecule has 0 fully saturated rings. The highest BCUT2D eigenvalue weighted by Crippen LogP contribution is 2.10. The van der Waals surface area contributed by atoms with Crippen LogP contribution in [0.5, 0.6) is 0 Å². The molecular formula is C9H10N6O. The van der Waals surface area contributed by atoms with Crippen LogP contribution in [0.4, 0.5) is 0 Å². The summed E-state index contributed by atoms with van der Waals surface area (Å²) in [5, 5.41) is 11.6. The SMILES string of the molecule is Cc1nccn1-c1nccnc1C(N)=NO. The van der Waals surface area contributed by atoms with Crippen LogP contribution in [0.1, 0.15) is 11.5 Å². The Morgan fingerprint density at radius 1 is 1.31 bits per heavy atom. The van der Waals surface area contributed by atoms with Crippen molar-refractivity contribution < 1.29 is 5.21 Å². The fourth-order valence-corrected chi connectivity index (χ4v) is 1.34. The van der Waals surface area contributed by atoms with Gasteiger partial charge in [0.05, 0.1) is 0 Å².